The zero-order valence-corrected chi connectivity index (χ0v) is 15.4. The molecule has 3 aliphatic rings. The van der Waals surface area contributed by atoms with Gasteiger partial charge in [0.15, 0.2) is 17.7 Å². The van der Waals surface area contributed by atoms with E-state index in [0.29, 0.717) is 0 Å². The lowest BCUT2D eigenvalue weighted by atomic mass is 9.84. The molecule has 0 bridgehead atoms. The van der Waals surface area contributed by atoms with Crippen LogP contribution in [0.15, 0.2) is 0 Å². The number of esters is 1. The van der Waals surface area contributed by atoms with Gasteiger partial charge in [0.2, 0.25) is 0 Å². The van der Waals surface area contributed by atoms with Crippen LogP contribution in [0.4, 0.5) is 0 Å². The molecule has 7 nitrogen and oxygen atoms in total. The first-order chi connectivity index (χ1) is 10.8. The molecule has 0 aromatic rings. The molecule has 0 amide bonds. The lowest BCUT2D eigenvalue weighted by Crippen LogP contribution is -2.63. The summed E-state index contributed by atoms with van der Waals surface area (Å²) < 4.78 is 29.3. The Morgan fingerprint density at radius 3 is 1.79 bits per heavy atom. The van der Waals surface area contributed by atoms with E-state index in [0.717, 1.165) is 0 Å². The van der Waals surface area contributed by atoms with E-state index < -0.39 is 59.6 Å². The van der Waals surface area contributed by atoms with Crippen molar-refractivity contribution in [2.75, 3.05) is 0 Å². The summed E-state index contributed by atoms with van der Waals surface area (Å²) in [6.07, 6.45) is -4.14. The number of carbonyl (C=O) groups is 1. The Morgan fingerprint density at radius 2 is 1.29 bits per heavy atom. The van der Waals surface area contributed by atoms with Crippen molar-refractivity contribution in [1.82, 2.24) is 0 Å². The summed E-state index contributed by atoms with van der Waals surface area (Å²) in [7, 11) is 0. The van der Waals surface area contributed by atoms with Crippen molar-refractivity contribution in [3.63, 3.8) is 0 Å². The molecule has 2 aliphatic heterocycles. The summed E-state index contributed by atoms with van der Waals surface area (Å²) in [6, 6.07) is 0. The highest BCUT2D eigenvalue weighted by atomic mass is 16.8. The number of fused-ring (bicyclic) bond motifs is 3. The fraction of sp³-hybridized carbons (Fsp3) is 0.941. The molecule has 0 aromatic heterocycles. The van der Waals surface area contributed by atoms with E-state index in [-0.39, 0.29) is 0 Å². The topological polar surface area (TPSA) is 83.5 Å². The minimum atomic E-state index is -1.05. The number of ether oxygens (including phenoxy) is 5. The van der Waals surface area contributed by atoms with Crippen LogP contribution in [0, 0.1) is 5.41 Å². The van der Waals surface area contributed by atoms with Crippen molar-refractivity contribution in [3.05, 3.63) is 0 Å². The summed E-state index contributed by atoms with van der Waals surface area (Å²) in [5.41, 5.74) is -0.687. The van der Waals surface area contributed by atoms with E-state index in [1.807, 2.05) is 0 Å². The minimum Gasteiger partial charge on any atom is -0.456 e. The van der Waals surface area contributed by atoms with Gasteiger partial charge in [0.05, 0.1) is 5.41 Å². The number of rotatable bonds is 1. The molecule has 0 unspecified atom stereocenters. The lowest BCUT2D eigenvalue weighted by molar-refractivity contribution is -0.204. The first kappa shape index (κ1) is 18.1. The molecule has 3 fully saturated rings. The van der Waals surface area contributed by atoms with Gasteiger partial charge in [-0.15, -0.1) is 0 Å². The molecule has 6 atom stereocenters. The van der Waals surface area contributed by atoms with Gasteiger partial charge >= 0.3 is 5.97 Å². The molecule has 0 spiro atoms. The maximum atomic E-state index is 12.3. The first-order valence-corrected chi connectivity index (χ1v) is 8.41. The second kappa shape index (κ2) is 5.38. The molecule has 0 radical (unpaired) electrons. The van der Waals surface area contributed by atoms with Crippen LogP contribution in [-0.2, 0) is 28.5 Å². The molecule has 1 aliphatic carbocycles. The van der Waals surface area contributed by atoms with Gasteiger partial charge in [-0.05, 0) is 48.5 Å². The van der Waals surface area contributed by atoms with Gasteiger partial charge in [0, 0.05) is 0 Å². The van der Waals surface area contributed by atoms with Gasteiger partial charge in [-0.1, -0.05) is 0 Å². The number of hydrogen-bond donors (Lipinski definition) is 1. The molecule has 7 heteroatoms. The molecule has 2 saturated heterocycles. The monoisotopic (exact) mass is 344 g/mol. The van der Waals surface area contributed by atoms with Gasteiger partial charge in [-0.25, -0.2) is 0 Å². The van der Waals surface area contributed by atoms with Crippen LogP contribution in [0.25, 0.3) is 0 Å². The second-order valence-electron chi connectivity index (χ2n) is 8.74. The van der Waals surface area contributed by atoms with Gasteiger partial charge < -0.3 is 28.8 Å². The summed E-state index contributed by atoms with van der Waals surface area (Å²) in [6.45, 7) is 12.4. The van der Waals surface area contributed by atoms with Crippen molar-refractivity contribution in [2.45, 2.75) is 96.7 Å². The van der Waals surface area contributed by atoms with Crippen LogP contribution in [0.3, 0.4) is 0 Å². The Hall–Kier alpha value is -0.730. The SMILES string of the molecule is CC1(C)O[C@H]2[C@@H]3OC(C)(C)O[C@@H]3[C@@H](O)[C@H](OC(=O)C(C)(C)C)[C@H]2O1. The van der Waals surface area contributed by atoms with Crippen molar-refractivity contribution < 1.29 is 33.6 Å². The Balaban J connectivity index is 1.90. The number of aliphatic hydroxyl groups excluding tert-OH is 1. The fourth-order valence-corrected chi connectivity index (χ4v) is 3.48. The summed E-state index contributed by atoms with van der Waals surface area (Å²) in [5, 5.41) is 10.8. The Kier molecular flexibility index (Phi) is 4.05. The highest BCUT2D eigenvalue weighted by molar-refractivity contribution is 5.75. The molecule has 3 rings (SSSR count). The van der Waals surface area contributed by atoms with Crippen LogP contribution in [0.1, 0.15) is 48.5 Å². The van der Waals surface area contributed by atoms with Crippen molar-refractivity contribution in [2.24, 2.45) is 5.41 Å². The van der Waals surface area contributed by atoms with Gasteiger partial charge in [0.25, 0.3) is 0 Å². The summed E-state index contributed by atoms with van der Waals surface area (Å²) in [4.78, 5) is 12.3. The third-order valence-corrected chi connectivity index (χ3v) is 4.50. The average molecular weight is 344 g/mol. The Bertz CT molecular complexity index is 522. The lowest BCUT2D eigenvalue weighted by Gasteiger charge is -2.40. The zero-order valence-electron chi connectivity index (χ0n) is 15.4. The molecule has 138 valence electrons. The van der Waals surface area contributed by atoms with Gasteiger partial charge in [-0.2, -0.15) is 0 Å². The zero-order chi connectivity index (χ0) is 18.1. The standard InChI is InChI=1S/C17H28O7/c1-15(2,3)14(19)20-9-8(18)10-12(23-16(4,5)21-10)13-11(9)22-17(6,7)24-13/h8-13,18H,1-7H3/t8-,9-,10+,11+,12+,13+/m0/s1. The largest absolute Gasteiger partial charge is 0.456 e. The molecule has 0 aromatic carbocycles. The quantitative estimate of drug-likeness (QED) is 0.719. The number of hydrogen-bond acceptors (Lipinski definition) is 7. The van der Waals surface area contributed by atoms with Crippen LogP contribution in [0.2, 0.25) is 0 Å². The third-order valence-electron chi connectivity index (χ3n) is 4.50. The minimum absolute atomic E-state index is 0.407. The predicted molar refractivity (Wildman–Crippen MR) is 83.0 cm³/mol. The van der Waals surface area contributed by atoms with Crippen LogP contribution < -0.4 is 0 Å². The fourth-order valence-electron chi connectivity index (χ4n) is 3.48. The maximum absolute atomic E-state index is 12.3. The predicted octanol–water partition coefficient (Wildman–Crippen LogP) is 1.36. The van der Waals surface area contributed by atoms with Gasteiger partial charge in [0.1, 0.15) is 30.5 Å². The van der Waals surface area contributed by atoms with Crippen molar-refractivity contribution >= 4 is 5.97 Å². The van der Waals surface area contributed by atoms with E-state index in [2.05, 4.69) is 0 Å². The highest BCUT2D eigenvalue weighted by Gasteiger charge is 2.64. The summed E-state index contributed by atoms with van der Waals surface area (Å²) >= 11 is 0. The van der Waals surface area contributed by atoms with E-state index in [4.69, 9.17) is 23.7 Å². The molecule has 24 heavy (non-hydrogen) atoms. The summed E-state index contributed by atoms with van der Waals surface area (Å²) in [5.74, 6) is -2.11. The average Bonchev–Trinajstić information content (AvgIpc) is 2.89. The van der Waals surface area contributed by atoms with Crippen LogP contribution in [0.5, 0.6) is 0 Å². The van der Waals surface area contributed by atoms with Crippen LogP contribution >= 0.6 is 0 Å². The Morgan fingerprint density at radius 1 is 0.875 bits per heavy atom. The Labute approximate surface area is 142 Å². The third kappa shape index (κ3) is 3.08. The number of aliphatic hydroxyl groups is 1. The second-order valence-corrected chi connectivity index (χ2v) is 8.74. The highest BCUT2D eigenvalue weighted by Crippen LogP contribution is 2.45. The molecular formula is C17H28O7. The molecule has 2 heterocycles. The normalized spacial score (nSPS) is 43.2. The van der Waals surface area contributed by atoms with Gasteiger partial charge in [-0.3, -0.25) is 4.79 Å². The van der Waals surface area contributed by atoms with E-state index in [1.54, 1.807) is 48.5 Å². The van der Waals surface area contributed by atoms with Crippen molar-refractivity contribution in [3.8, 4) is 0 Å². The van der Waals surface area contributed by atoms with Crippen molar-refractivity contribution in [1.29, 1.82) is 0 Å². The smallest absolute Gasteiger partial charge is 0.311 e. The maximum Gasteiger partial charge on any atom is 0.311 e. The molecule has 1 N–H and O–H groups in total. The van der Waals surface area contributed by atoms with E-state index >= 15 is 0 Å². The van der Waals surface area contributed by atoms with E-state index in [1.165, 1.54) is 0 Å². The number of carbonyl (C=O) groups excluding carboxylic acids is 1. The molecular weight excluding hydrogens is 316 g/mol. The first-order valence-electron chi connectivity index (χ1n) is 8.41. The molecule has 1 saturated carbocycles. The van der Waals surface area contributed by atoms with E-state index in [9.17, 15) is 9.90 Å². The van der Waals surface area contributed by atoms with Crippen LogP contribution in [-0.4, -0.2) is 59.3 Å².